The quantitative estimate of drug-likeness (QED) is 0.610. The molecule has 1 heteroatoms. The van der Waals surface area contributed by atoms with Gasteiger partial charge < -0.3 is 4.74 Å². The summed E-state index contributed by atoms with van der Waals surface area (Å²) in [6.07, 6.45) is 9.96. The minimum atomic E-state index is 0.932. The Morgan fingerprint density at radius 3 is 2.21 bits per heavy atom. The highest BCUT2D eigenvalue weighted by Crippen LogP contribution is 2.31. The average Bonchev–Trinajstić information content (AvgIpc) is 2.99. The predicted octanol–water partition coefficient (Wildman–Crippen LogP) is 3.63. The fourth-order valence-electron chi connectivity index (χ4n) is 2.40. The van der Waals surface area contributed by atoms with Crippen molar-refractivity contribution in [2.45, 2.75) is 51.9 Å². The zero-order valence-electron chi connectivity index (χ0n) is 9.50. The van der Waals surface area contributed by atoms with E-state index in [0.29, 0.717) is 0 Å². The van der Waals surface area contributed by atoms with E-state index in [1.807, 2.05) is 0 Å². The van der Waals surface area contributed by atoms with E-state index in [1.54, 1.807) is 0 Å². The maximum absolute atomic E-state index is 5.69. The van der Waals surface area contributed by atoms with Gasteiger partial charge in [-0.05, 0) is 37.0 Å². The molecule has 0 saturated heterocycles. The third-order valence-corrected chi connectivity index (χ3v) is 3.86. The normalized spacial score (nSPS) is 33.2. The van der Waals surface area contributed by atoms with Crippen LogP contribution in [0.2, 0.25) is 0 Å². The lowest BCUT2D eigenvalue weighted by atomic mass is 9.82. The molecule has 0 bridgehead atoms. The van der Waals surface area contributed by atoms with Crippen LogP contribution in [0.4, 0.5) is 0 Å². The highest BCUT2D eigenvalue weighted by Gasteiger charge is 2.22. The van der Waals surface area contributed by atoms with Gasteiger partial charge in [-0.25, -0.2) is 0 Å². The van der Waals surface area contributed by atoms with Gasteiger partial charge in [0, 0.05) is 13.2 Å². The van der Waals surface area contributed by atoms with Gasteiger partial charge in [0.1, 0.15) is 0 Å². The van der Waals surface area contributed by atoms with Gasteiger partial charge in [0.25, 0.3) is 0 Å². The molecule has 0 aromatic rings. The van der Waals surface area contributed by atoms with Crippen LogP contribution in [-0.2, 0) is 4.74 Å². The van der Waals surface area contributed by atoms with E-state index in [0.717, 1.165) is 31.0 Å². The number of hydrogen-bond donors (Lipinski definition) is 0. The zero-order valence-corrected chi connectivity index (χ0v) is 9.50. The fraction of sp³-hybridized carbons (Fsp3) is 1.00. The standard InChI is InChI=1S/C13H24O/c1-11-2-4-12(5-3-11)8-9-14-10-13-6-7-13/h11-13H,2-10H2,1H3. The smallest absolute Gasteiger partial charge is 0.0494 e. The zero-order chi connectivity index (χ0) is 9.80. The van der Waals surface area contributed by atoms with Crippen molar-refractivity contribution < 1.29 is 4.74 Å². The molecule has 0 aliphatic heterocycles. The topological polar surface area (TPSA) is 9.23 Å². The molecule has 2 aliphatic rings. The van der Waals surface area contributed by atoms with E-state index in [4.69, 9.17) is 4.74 Å². The summed E-state index contributed by atoms with van der Waals surface area (Å²) in [6, 6.07) is 0. The van der Waals surface area contributed by atoms with Crippen LogP contribution in [0, 0.1) is 17.8 Å². The van der Waals surface area contributed by atoms with Gasteiger partial charge in [0.2, 0.25) is 0 Å². The van der Waals surface area contributed by atoms with Gasteiger partial charge in [0.15, 0.2) is 0 Å². The summed E-state index contributed by atoms with van der Waals surface area (Å²) in [7, 11) is 0. The summed E-state index contributed by atoms with van der Waals surface area (Å²) in [5.41, 5.74) is 0. The second kappa shape index (κ2) is 5.16. The average molecular weight is 196 g/mol. The Morgan fingerprint density at radius 1 is 0.929 bits per heavy atom. The van der Waals surface area contributed by atoms with Gasteiger partial charge in [-0.2, -0.15) is 0 Å². The molecule has 0 amide bonds. The Bertz CT molecular complexity index is 155. The molecular weight excluding hydrogens is 172 g/mol. The second-order valence-electron chi connectivity index (χ2n) is 5.43. The van der Waals surface area contributed by atoms with Crippen molar-refractivity contribution in [2.75, 3.05) is 13.2 Å². The molecule has 0 radical (unpaired) electrons. The van der Waals surface area contributed by atoms with Crippen molar-refractivity contribution in [1.29, 1.82) is 0 Å². The lowest BCUT2D eigenvalue weighted by molar-refractivity contribution is 0.102. The minimum absolute atomic E-state index is 0.932. The lowest BCUT2D eigenvalue weighted by Crippen LogP contribution is -2.14. The molecule has 0 aromatic carbocycles. The third-order valence-electron chi connectivity index (χ3n) is 3.86. The molecule has 1 nitrogen and oxygen atoms in total. The monoisotopic (exact) mass is 196 g/mol. The van der Waals surface area contributed by atoms with Crippen LogP contribution in [0.15, 0.2) is 0 Å². The molecule has 2 saturated carbocycles. The summed E-state index contributed by atoms with van der Waals surface area (Å²) in [4.78, 5) is 0. The van der Waals surface area contributed by atoms with Crippen molar-refractivity contribution in [1.82, 2.24) is 0 Å². The molecule has 2 fully saturated rings. The van der Waals surface area contributed by atoms with Gasteiger partial charge in [-0.1, -0.05) is 32.6 Å². The van der Waals surface area contributed by atoms with E-state index in [2.05, 4.69) is 6.92 Å². The SMILES string of the molecule is CC1CCC(CCOCC2CC2)CC1. The van der Waals surface area contributed by atoms with E-state index >= 15 is 0 Å². The molecule has 0 heterocycles. The third kappa shape index (κ3) is 3.61. The Balaban J connectivity index is 1.47. The highest BCUT2D eigenvalue weighted by molar-refractivity contribution is 4.73. The van der Waals surface area contributed by atoms with E-state index < -0.39 is 0 Å². The van der Waals surface area contributed by atoms with Crippen LogP contribution in [0.5, 0.6) is 0 Å². The van der Waals surface area contributed by atoms with E-state index in [9.17, 15) is 0 Å². The first-order valence-corrected chi connectivity index (χ1v) is 6.42. The highest BCUT2D eigenvalue weighted by atomic mass is 16.5. The molecule has 2 rings (SSSR count). The summed E-state index contributed by atoms with van der Waals surface area (Å²) >= 11 is 0. The van der Waals surface area contributed by atoms with Gasteiger partial charge in [-0.15, -0.1) is 0 Å². The predicted molar refractivity (Wildman–Crippen MR) is 59.3 cm³/mol. The van der Waals surface area contributed by atoms with Gasteiger partial charge in [-0.3, -0.25) is 0 Å². The first-order valence-electron chi connectivity index (χ1n) is 6.42. The van der Waals surface area contributed by atoms with Crippen molar-refractivity contribution in [3.05, 3.63) is 0 Å². The van der Waals surface area contributed by atoms with Crippen molar-refractivity contribution >= 4 is 0 Å². The second-order valence-corrected chi connectivity index (χ2v) is 5.43. The number of ether oxygens (including phenoxy) is 1. The molecule has 2 aliphatic carbocycles. The molecule has 0 N–H and O–H groups in total. The van der Waals surface area contributed by atoms with E-state index in [1.165, 1.54) is 44.9 Å². The Morgan fingerprint density at radius 2 is 1.57 bits per heavy atom. The molecular formula is C13H24O. The van der Waals surface area contributed by atoms with Crippen LogP contribution in [0.3, 0.4) is 0 Å². The maximum Gasteiger partial charge on any atom is 0.0494 e. The fourth-order valence-corrected chi connectivity index (χ4v) is 2.40. The van der Waals surface area contributed by atoms with Crippen LogP contribution in [0.1, 0.15) is 51.9 Å². The van der Waals surface area contributed by atoms with Gasteiger partial charge >= 0.3 is 0 Å². The van der Waals surface area contributed by atoms with Crippen LogP contribution < -0.4 is 0 Å². The van der Waals surface area contributed by atoms with Gasteiger partial charge in [0.05, 0.1) is 0 Å². The summed E-state index contributed by atoms with van der Waals surface area (Å²) < 4.78 is 5.69. The van der Waals surface area contributed by atoms with Crippen LogP contribution in [-0.4, -0.2) is 13.2 Å². The van der Waals surface area contributed by atoms with Crippen molar-refractivity contribution in [3.8, 4) is 0 Å². The van der Waals surface area contributed by atoms with Crippen molar-refractivity contribution in [3.63, 3.8) is 0 Å². The number of rotatable bonds is 5. The van der Waals surface area contributed by atoms with E-state index in [-0.39, 0.29) is 0 Å². The number of hydrogen-bond acceptors (Lipinski definition) is 1. The minimum Gasteiger partial charge on any atom is -0.381 e. The lowest BCUT2D eigenvalue weighted by Gasteiger charge is -2.25. The summed E-state index contributed by atoms with van der Waals surface area (Å²) in [6.45, 7) is 4.46. The molecule has 0 atom stereocenters. The summed E-state index contributed by atoms with van der Waals surface area (Å²) in [5, 5.41) is 0. The Kier molecular flexibility index (Phi) is 3.86. The first kappa shape index (κ1) is 10.5. The summed E-state index contributed by atoms with van der Waals surface area (Å²) in [5.74, 6) is 2.89. The maximum atomic E-state index is 5.69. The molecule has 0 aromatic heterocycles. The largest absolute Gasteiger partial charge is 0.381 e. The Labute approximate surface area is 88.2 Å². The molecule has 0 spiro atoms. The first-order chi connectivity index (χ1) is 6.84. The molecule has 82 valence electrons. The van der Waals surface area contributed by atoms with Crippen LogP contribution >= 0.6 is 0 Å². The Hall–Kier alpha value is -0.0400. The molecule has 0 unspecified atom stereocenters. The van der Waals surface area contributed by atoms with Crippen molar-refractivity contribution in [2.24, 2.45) is 17.8 Å². The molecule has 14 heavy (non-hydrogen) atoms. The van der Waals surface area contributed by atoms with Crippen LogP contribution in [0.25, 0.3) is 0 Å².